The topological polar surface area (TPSA) is 52.6 Å². The van der Waals surface area contributed by atoms with Crippen molar-refractivity contribution in [2.45, 2.75) is 13.8 Å². The van der Waals surface area contributed by atoms with Crippen molar-refractivity contribution in [2.75, 3.05) is 40.4 Å². The summed E-state index contributed by atoms with van der Waals surface area (Å²) in [5.74, 6) is -0.606. The third-order valence-electron chi connectivity index (χ3n) is 2.73. The first-order valence-electron chi connectivity index (χ1n) is 5.02. The Morgan fingerprint density at radius 1 is 0.933 bits per heavy atom. The molecule has 0 atom stereocenters. The summed E-state index contributed by atoms with van der Waals surface area (Å²) < 4.78 is 9.61. The first kappa shape index (κ1) is 13.9. The second-order valence-electron chi connectivity index (χ2n) is 3.44. The molecule has 0 unspecified atom stereocenters. The molecule has 0 aromatic carbocycles. The molecule has 88 valence electrons. The number of methoxy groups -OCH3 is 2. The minimum absolute atomic E-state index is 0.207. The van der Waals surface area contributed by atoms with E-state index in [4.69, 9.17) is 0 Å². The van der Waals surface area contributed by atoms with Gasteiger partial charge in [-0.05, 0) is 13.8 Å². The van der Waals surface area contributed by atoms with Gasteiger partial charge in [0.15, 0.2) is 13.1 Å². The van der Waals surface area contributed by atoms with Gasteiger partial charge in [-0.1, -0.05) is 0 Å². The van der Waals surface area contributed by atoms with Crippen molar-refractivity contribution in [3.8, 4) is 0 Å². The molecule has 15 heavy (non-hydrogen) atoms. The zero-order valence-electron chi connectivity index (χ0n) is 9.91. The number of rotatable bonds is 6. The molecule has 0 fully saturated rings. The third kappa shape index (κ3) is 4.29. The molecular formula is C10H20NO4+. The summed E-state index contributed by atoms with van der Waals surface area (Å²) >= 11 is 0. The van der Waals surface area contributed by atoms with E-state index in [9.17, 15) is 9.59 Å². The highest BCUT2D eigenvalue weighted by atomic mass is 16.5. The van der Waals surface area contributed by atoms with Crippen LogP contribution in [0.3, 0.4) is 0 Å². The van der Waals surface area contributed by atoms with Crippen molar-refractivity contribution >= 4 is 11.9 Å². The van der Waals surface area contributed by atoms with Crippen molar-refractivity contribution < 1.29 is 23.5 Å². The first-order chi connectivity index (χ1) is 7.03. The maximum absolute atomic E-state index is 11.2. The number of nitrogens with zero attached hydrogens (tertiary/aromatic N) is 1. The summed E-state index contributed by atoms with van der Waals surface area (Å²) in [4.78, 5) is 22.5. The number of quaternary nitrogens is 1. The lowest BCUT2D eigenvalue weighted by Gasteiger charge is -2.34. The summed E-state index contributed by atoms with van der Waals surface area (Å²) in [6.45, 7) is 5.68. The van der Waals surface area contributed by atoms with Gasteiger partial charge in [-0.2, -0.15) is 0 Å². The zero-order valence-corrected chi connectivity index (χ0v) is 9.91. The molecule has 0 radical (unpaired) electrons. The SMILES string of the molecule is CC[N+](CC)(CC(=O)OC)CC(=O)OC. The van der Waals surface area contributed by atoms with Crippen LogP contribution in [0.15, 0.2) is 0 Å². The van der Waals surface area contributed by atoms with Gasteiger partial charge >= 0.3 is 11.9 Å². The standard InChI is InChI=1S/C10H20NO4/c1-5-11(6-2,7-9(12)14-3)8-10(13)15-4/h5-8H2,1-4H3/q+1. The molecule has 0 aromatic heterocycles. The molecule has 0 rings (SSSR count). The number of ether oxygens (including phenoxy) is 2. The Morgan fingerprint density at radius 3 is 1.47 bits per heavy atom. The maximum atomic E-state index is 11.2. The molecule has 0 saturated carbocycles. The third-order valence-corrected chi connectivity index (χ3v) is 2.73. The highest BCUT2D eigenvalue weighted by Crippen LogP contribution is 2.07. The lowest BCUT2D eigenvalue weighted by atomic mass is 10.3. The molecule has 0 aliphatic carbocycles. The summed E-state index contributed by atoms with van der Waals surface area (Å²) in [6.07, 6.45) is 0. The fraction of sp³-hybridized carbons (Fsp3) is 0.800. The average molecular weight is 218 g/mol. The van der Waals surface area contributed by atoms with Gasteiger partial charge < -0.3 is 14.0 Å². The van der Waals surface area contributed by atoms with Crippen LogP contribution in [0.4, 0.5) is 0 Å². The fourth-order valence-corrected chi connectivity index (χ4v) is 1.40. The zero-order chi connectivity index (χ0) is 11.9. The molecule has 5 nitrogen and oxygen atoms in total. The van der Waals surface area contributed by atoms with Gasteiger partial charge in [-0.3, -0.25) is 0 Å². The Balaban J connectivity index is 4.56. The lowest BCUT2D eigenvalue weighted by Crippen LogP contribution is -2.54. The number of carbonyl (C=O) groups excluding carboxylic acids is 2. The predicted molar refractivity (Wildman–Crippen MR) is 55.1 cm³/mol. The average Bonchev–Trinajstić information content (AvgIpc) is 2.27. The quantitative estimate of drug-likeness (QED) is 0.472. The largest absolute Gasteiger partial charge is 0.465 e. The van der Waals surface area contributed by atoms with Gasteiger partial charge in [0.05, 0.1) is 27.3 Å². The molecule has 0 amide bonds. The highest BCUT2D eigenvalue weighted by molar-refractivity contribution is 5.72. The minimum atomic E-state index is -0.303. The summed E-state index contributed by atoms with van der Waals surface area (Å²) in [5, 5.41) is 0. The Labute approximate surface area is 90.5 Å². The van der Waals surface area contributed by atoms with Crippen molar-refractivity contribution in [1.29, 1.82) is 0 Å². The summed E-state index contributed by atoms with van der Waals surface area (Å²) in [5.41, 5.74) is 0. The molecule has 5 heteroatoms. The first-order valence-corrected chi connectivity index (χ1v) is 5.02. The summed E-state index contributed by atoms with van der Waals surface area (Å²) in [7, 11) is 2.70. The van der Waals surface area contributed by atoms with Gasteiger partial charge in [-0.15, -0.1) is 0 Å². The van der Waals surface area contributed by atoms with Crippen LogP contribution in [0.25, 0.3) is 0 Å². The summed E-state index contributed by atoms with van der Waals surface area (Å²) in [6, 6.07) is 0. The Kier molecular flexibility index (Phi) is 5.93. The van der Waals surface area contributed by atoms with Crippen LogP contribution in [0.2, 0.25) is 0 Å². The smallest absolute Gasteiger partial charge is 0.361 e. The van der Waals surface area contributed by atoms with Crippen molar-refractivity contribution in [3.63, 3.8) is 0 Å². The number of carbonyl (C=O) groups is 2. The second kappa shape index (κ2) is 6.40. The monoisotopic (exact) mass is 218 g/mol. The minimum Gasteiger partial charge on any atom is -0.465 e. The molecule has 0 spiro atoms. The van der Waals surface area contributed by atoms with Crippen LogP contribution in [0.1, 0.15) is 13.8 Å². The van der Waals surface area contributed by atoms with E-state index < -0.39 is 0 Å². The van der Waals surface area contributed by atoms with E-state index in [1.54, 1.807) is 0 Å². The number of likely N-dealkylation sites (N-methyl/N-ethyl adjacent to an activating group) is 1. The highest BCUT2D eigenvalue weighted by Gasteiger charge is 2.30. The van der Waals surface area contributed by atoms with Crippen LogP contribution >= 0.6 is 0 Å². The van der Waals surface area contributed by atoms with E-state index >= 15 is 0 Å². The molecule has 0 saturated heterocycles. The van der Waals surface area contributed by atoms with Crippen molar-refractivity contribution in [1.82, 2.24) is 0 Å². The molecule has 0 N–H and O–H groups in total. The van der Waals surface area contributed by atoms with Gasteiger partial charge in [0.25, 0.3) is 0 Å². The normalized spacial score (nSPS) is 10.9. The maximum Gasteiger partial charge on any atom is 0.361 e. The number of hydrogen-bond acceptors (Lipinski definition) is 4. The van der Waals surface area contributed by atoms with Crippen LogP contribution < -0.4 is 0 Å². The fourth-order valence-electron chi connectivity index (χ4n) is 1.40. The van der Waals surface area contributed by atoms with E-state index in [-0.39, 0.29) is 25.0 Å². The second-order valence-corrected chi connectivity index (χ2v) is 3.44. The number of esters is 2. The van der Waals surface area contributed by atoms with Crippen LogP contribution in [-0.4, -0.2) is 56.8 Å². The van der Waals surface area contributed by atoms with Crippen molar-refractivity contribution in [3.05, 3.63) is 0 Å². The van der Waals surface area contributed by atoms with Crippen LogP contribution in [0.5, 0.6) is 0 Å². The van der Waals surface area contributed by atoms with Crippen LogP contribution in [-0.2, 0) is 19.1 Å². The van der Waals surface area contributed by atoms with E-state index in [1.165, 1.54) is 14.2 Å². The van der Waals surface area contributed by atoms with Gasteiger partial charge in [0.2, 0.25) is 0 Å². The number of hydrogen-bond donors (Lipinski definition) is 0. The van der Waals surface area contributed by atoms with E-state index in [0.29, 0.717) is 17.6 Å². The molecular weight excluding hydrogens is 198 g/mol. The van der Waals surface area contributed by atoms with Crippen LogP contribution in [0, 0.1) is 0 Å². The molecule has 0 aromatic rings. The molecule has 0 bridgehead atoms. The van der Waals surface area contributed by atoms with E-state index in [0.717, 1.165) is 0 Å². The van der Waals surface area contributed by atoms with Crippen molar-refractivity contribution in [2.24, 2.45) is 0 Å². The Morgan fingerprint density at radius 2 is 1.27 bits per heavy atom. The predicted octanol–water partition coefficient (Wildman–Crippen LogP) is 0.189. The van der Waals surface area contributed by atoms with E-state index in [2.05, 4.69) is 9.47 Å². The molecule has 0 heterocycles. The molecule has 0 aliphatic rings. The van der Waals surface area contributed by atoms with E-state index in [1.807, 2.05) is 13.8 Å². The van der Waals surface area contributed by atoms with Gasteiger partial charge in [0, 0.05) is 0 Å². The molecule has 0 aliphatic heterocycles. The van der Waals surface area contributed by atoms with Gasteiger partial charge in [-0.25, -0.2) is 9.59 Å². The van der Waals surface area contributed by atoms with Gasteiger partial charge in [0.1, 0.15) is 0 Å². The Bertz CT molecular complexity index is 203. The Hall–Kier alpha value is -1.10. The lowest BCUT2D eigenvalue weighted by molar-refractivity contribution is -0.911.